The SMILES string of the molecule is CCN(CC)c1ccc(C=C2C(=O)c3ccccc3C2=O)c(OCC(O)CSc2ccc(Sc3ccc(SCC(O)COc4cc(N(CC)CC)ccc4C=C4C(=O)c5ccccc5C4=O)cc3)cc2)c1. The van der Waals surface area contributed by atoms with E-state index >= 15 is 0 Å². The zero-order valence-corrected chi connectivity index (χ0v) is 42.6. The second-order valence-electron chi connectivity index (χ2n) is 16.9. The number of ether oxygens (including phenoxy) is 2. The zero-order chi connectivity index (χ0) is 50.0. The van der Waals surface area contributed by atoms with Gasteiger partial charge in [0.25, 0.3) is 0 Å². The number of anilines is 2. The van der Waals surface area contributed by atoms with Gasteiger partial charge < -0.3 is 29.5 Å². The van der Waals surface area contributed by atoms with Gasteiger partial charge >= 0.3 is 0 Å². The maximum Gasteiger partial charge on any atom is 0.197 e. The van der Waals surface area contributed by atoms with Gasteiger partial charge in [-0.3, -0.25) is 19.2 Å². The van der Waals surface area contributed by atoms with Crippen LogP contribution in [-0.4, -0.2) is 96.5 Å². The third-order valence-corrected chi connectivity index (χ3v) is 15.6. The van der Waals surface area contributed by atoms with Crippen molar-refractivity contribution in [1.82, 2.24) is 0 Å². The summed E-state index contributed by atoms with van der Waals surface area (Å²) in [6.07, 6.45) is 1.62. The van der Waals surface area contributed by atoms with E-state index in [1.165, 1.54) is 23.5 Å². The Balaban J connectivity index is 0.820. The molecule has 2 aliphatic rings. The predicted octanol–water partition coefficient (Wildman–Crippen LogP) is 11.5. The van der Waals surface area contributed by atoms with Crippen LogP contribution in [-0.2, 0) is 0 Å². The van der Waals surface area contributed by atoms with Gasteiger partial charge in [0, 0.05) is 114 Å². The van der Waals surface area contributed by atoms with E-state index in [4.69, 9.17) is 9.47 Å². The third-order valence-electron chi connectivity index (χ3n) is 12.3. The Kier molecular flexibility index (Phi) is 17.0. The first-order chi connectivity index (χ1) is 34.5. The summed E-state index contributed by atoms with van der Waals surface area (Å²) in [5.41, 5.74) is 4.89. The number of aliphatic hydroxyl groups excluding tert-OH is 2. The van der Waals surface area contributed by atoms with E-state index in [-0.39, 0.29) is 47.5 Å². The summed E-state index contributed by atoms with van der Waals surface area (Å²) < 4.78 is 12.5. The number of ketones is 4. The number of benzene rings is 6. The Bertz CT molecular complexity index is 2710. The molecule has 2 unspecified atom stereocenters. The summed E-state index contributed by atoms with van der Waals surface area (Å²) in [7, 11) is 0. The molecule has 13 heteroatoms. The summed E-state index contributed by atoms with van der Waals surface area (Å²) in [5.74, 6) is 0.554. The molecule has 364 valence electrons. The number of aliphatic hydroxyl groups is 2. The number of carbonyl (C=O) groups is 4. The zero-order valence-electron chi connectivity index (χ0n) is 40.1. The number of rotatable bonds is 22. The Morgan fingerprint density at radius 2 is 0.789 bits per heavy atom. The molecule has 6 aromatic rings. The molecule has 0 bridgehead atoms. The maximum atomic E-state index is 13.2. The van der Waals surface area contributed by atoms with Crippen molar-refractivity contribution in [1.29, 1.82) is 0 Å². The van der Waals surface area contributed by atoms with Crippen molar-refractivity contribution in [2.24, 2.45) is 0 Å². The van der Waals surface area contributed by atoms with Crippen LogP contribution in [0.1, 0.15) is 80.3 Å². The molecule has 6 aromatic carbocycles. The summed E-state index contributed by atoms with van der Waals surface area (Å²) in [6.45, 7) is 11.5. The van der Waals surface area contributed by atoms with E-state index in [0.717, 1.165) is 57.1 Å². The smallest absolute Gasteiger partial charge is 0.197 e. The Morgan fingerprint density at radius 3 is 1.11 bits per heavy atom. The molecule has 0 amide bonds. The molecule has 2 aliphatic carbocycles. The molecule has 0 saturated carbocycles. The normalized spacial score (nSPS) is 13.8. The number of allylic oxidation sites excluding steroid dienone is 2. The van der Waals surface area contributed by atoms with Crippen molar-refractivity contribution in [2.45, 2.75) is 59.5 Å². The molecule has 0 aliphatic heterocycles. The van der Waals surface area contributed by atoms with E-state index in [9.17, 15) is 29.4 Å². The van der Waals surface area contributed by atoms with E-state index in [1.807, 2.05) is 60.7 Å². The van der Waals surface area contributed by atoms with Gasteiger partial charge in [-0.2, -0.15) is 0 Å². The van der Waals surface area contributed by atoms with Crippen molar-refractivity contribution in [3.63, 3.8) is 0 Å². The van der Waals surface area contributed by atoms with Gasteiger partial charge in [0.15, 0.2) is 23.1 Å². The number of Topliss-reactive ketones (excluding diaryl/α,β-unsaturated/α-hetero) is 4. The molecular formula is C58H56N2O8S3. The molecule has 2 atom stereocenters. The minimum atomic E-state index is -0.789. The highest BCUT2D eigenvalue weighted by molar-refractivity contribution is 8.00. The van der Waals surface area contributed by atoms with E-state index in [2.05, 4.69) is 61.8 Å². The lowest BCUT2D eigenvalue weighted by atomic mass is 10.1. The number of hydrogen-bond acceptors (Lipinski definition) is 13. The van der Waals surface area contributed by atoms with Gasteiger partial charge in [0.1, 0.15) is 24.7 Å². The van der Waals surface area contributed by atoms with Gasteiger partial charge in [0.05, 0.1) is 23.4 Å². The lowest BCUT2D eigenvalue weighted by Gasteiger charge is -2.23. The van der Waals surface area contributed by atoms with Crippen LogP contribution < -0.4 is 19.3 Å². The van der Waals surface area contributed by atoms with Gasteiger partial charge in [-0.25, -0.2) is 0 Å². The number of fused-ring (bicyclic) bond motifs is 2. The quantitative estimate of drug-likeness (QED) is 0.0380. The van der Waals surface area contributed by atoms with E-state index in [1.54, 1.807) is 72.4 Å². The molecule has 0 radical (unpaired) electrons. The molecule has 0 saturated heterocycles. The predicted molar refractivity (Wildman–Crippen MR) is 288 cm³/mol. The van der Waals surface area contributed by atoms with Crippen LogP contribution in [0.2, 0.25) is 0 Å². The van der Waals surface area contributed by atoms with Crippen LogP contribution in [0.4, 0.5) is 11.4 Å². The number of thioether (sulfide) groups is 2. The van der Waals surface area contributed by atoms with E-state index < -0.39 is 12.2 Å². The van der Waals surface area contributed by atoms with Gasteiger partial charge in [-0.15, -0.1) is 23.5 Å². The maximum absolute atomic E-state index is 13.2. The van der Waals surface area contributed by atoms with Crippen molar-refractivity contribution in [2.75, 3.05) is 60.7 Å². The van der Waals surface area contributed by atoms with Gasteiger partial charge in [-0.05, 0) is 113 Å². The second-order valence-corrected chi connectivity index (χ2v) is 20.2. The van der Waals surface area contributed by atoms with Crippen molar-refractivity contribution >= 4 is 81.9 Å². The summed E-state index contributed by atoms with van der Waals surface area (Å²) in [6, 6.07) is 41.5. The molecule has 0 spiro atoms. The monoisotopic (exact) mass is 1000 g/mol. The highest BCUT2D eigenvalue weighted by Gasteiger charge is 2.34. The van der Waals surface area contributed by atoms with Gasteiger partial charge in [-0.1, -0.05) is 60.3 Å². The molecule has 0 fully saturated rings. The van der Waals surface area contributed by atoms with Crippen LogP contribution in [0.3, 0.4) is 0 Å². The van der Waals surface area contributed by atoms with Crippen LogP contribution in [0.25, 0.3) is 12.2 Å². The fourth-order valence-corrected chi connectivity index (χ4v) is 10.9. The second kappa shape index (κ2) is 23.7. The van der Waals surface area contributed by atoms with Crippen LogP contribution in [0.15, 0.2) is 164 Å². The largest absolute Gasteiger partial charge is 0.490 e. The molecular weight excluding hydrogens is 949 g/mol. The molecule has 2 N–H and O–H groups in total. The van der Waals surface area contributed by atoms with Crippen LogP contribution >= 0.6 is 35.3 Å². The minimum Gasteiger partial charge on any atom is -0.490 e. The molecule has 0 aromatic heterocycles. The Morgan fingerprint density at radius 1 is 0.465 bits per heavy atom. The third kappa shape index (κ3) is 12.1. The highest BCUT2D eigenvalue weighted by Crippen LogP contribution is 2.36. The summed E-state index contributed by atoms with van der Waals surface area (Å²) in [4.78, 5) is 61.2. The van der Waals surface area contributed by atoms with Crippen molar-refractivity contribution in [3.05, 3.63) is 178 Å². The Hall–Kier alpha value is -6.35. The average Bonchev–Trinajstić information content (AvgIpc) is 3.78. The van der Waals surface area contributed by atoms with Crippen LogP contribution in [0.5, 0.6) is 11.5 Å². The first-order valence-electron chi connectivity index (χ1n) is 23.8. The highest BCUT2D eigenvalue weighted by atomic mass is 32.2. The fourth-order valence-electron chi connectivity index (χ4n) is 8.42. The number of nitrogens with zero attached hydrogens (tertiary/aromatic N) is 2. The Labute approximate surface area is 428 Å². The molecule has 0 heterocycles. The first-order valence-corrected chi connectivity index (χ1v) is 26.6. The first kappa shape index (κ1) is 51.0. The van der Waals surface area contributed by atoms with Crippen molar-refractivity contribution < 1.29 is 38.9 Å². The summed E-state index contributed by atoms with van der Waals surface area (Å²) >= 11 is 4.69. The number of carbonyl (C=O) groups excluding carboxylic acids is 4. The lowest BCUT2D eigenvalue weighted by Crippen LogP contribution is -2.23. The van der Waals surface area contributed by atoms with Crippen molar-refractivity contribution in [3.8, 4) is 11.5 Å². The molecule has 8 rings (SSSR count). The lowest BCUT2D eigenvalue weighted by molar-refractivity contribution is 0.0975. The standard InChI is InChI=1S/C58H56N2O8S3/c1-5-59(6-2)39-19-17-37(29-51-55(63)47-13-9-10-14-48(47)56(51)64)53(31-39)67-33-41(61)35-69-43-21-25-45(26-22-43)71-46-27-23-44(24-28-46)70-36-42(62)34-68-54-32-40(60(7-3)8-4)20-18-38(54)30-52-57(65)49-15-11-12-16-50(49)58(52)66/h9-32,41-42,61-62H,5-8,33-36H2,1-4H3. The molecule has 71 heavy (non-hydrogen) atoms. The van der Waals surface area contributed by atoms with E-state index in [0.29, 0.717) is 56.4 Å². The molecule has 10 nitrogen and oxygen atoms in total. The topological polar surface area (TPSA) is 134 Å². The number of hydrogen-bond donors (Lipinski definition) is 2. The minimum absolute atomic E-state index is 0.0252. The average molecular weight is 1010 g/mol. The summed E-state index contributed by atoms with van der Waals surface area (Å²) in [5, 5.41) is 22.1. The van der Waals surface area contributed by atoms with Gasteiger partial charge in [0.2, 0.25) is 0 Å². The fraction of sp³-hybridized carbons (Fsp3) is 0.241. The van der Waals surface area contributed by atoms with Crippen LogP contribution in [0, 0.1) is 0 Å².